The Hall–Kier alpha value is -2.81. The third kappa shape index (κ3) is 4.53. The smallest absolute Gasteiger partial charge is 0.154 e. The van der Waals surface area contributed by atoms with Crippen molar-refractivity contribution in [2.45, 2.75) is 25.8 Å². The number of rotatable bonds is 6. The molecule has 0 spiro atoms. The minimum absolute atomic E-state index is 0.209. The van der Waals surface area contributed by atoms with Gasteiger partial charge in [-0.05, 0) is 32.1 Å². The normalized spacial score (nSPS) is 12.9. The molecule has 0 fully saturated rings. The van der Waals surface area contributed by atoms with Crippen LogP contribution in [0.25, 0.3) is 11.1 Å². The van der Waals surface area contributed by atoms with Crippen molar-refractivity contribution in [2.24, 2.45) is 10.7 Å². The van der Waals surface area contributed by atoms with E-state index in [4.69, 9.17) is 10.3 Å². The highest BCUT2D eigenvalue weighted by molar-refractivity contribution is 8.13. The van der Waals surface area contributed by atoms with Crippen LogP contribution in [0.3, 0.4) is 0 Å². The SMILES string of the molecule is CSC(N)=N[C@@H](CCc1cnoc1C)c1cc(-c2cncnc2)c(F)cc1F. The van der Waals surface area contributed by atoms with Crippen LogP contribution in [0.15, 0.2) is 46.6 Å². The molecular formula is C19H19F2N5OS. The van der Waals surface area contributed by atoms with Gasteiger partial charge in [-0.15, -0.1) is 0 Å². The molecule has 0 bridgehead atoms. The van der Waals surface area contributed by atoms with Gasteiger partial charge < -0.3 is 10.3 Å². The van der Waals surface area contributed by atoms with Crippen molar-refractivity contribution in [3.05, 3.63) is 65.6 Å². The highest BCUT2D eigenvalue weighted by Gasteiger charge is 2.20. The van der Waals surface area contributed by atoms with Gasteiger partial charge in [-0.3, -0.25) is 4.99 Å². The van der Waals surface area contributed by atoms with Crippen LogP contribution in [0.4, 0.5) is 8.78 Å². The lowest BCUT2D eigenvalue weighted by Gasteiger charge is -2.16. The summed E-state index contributed by atoms with van der Waals surface area (Å²) in [5.41, 5.74) is 7.71. The van der Waals surface area contributed by atoms with Crippen LogP contribution in [-0.2, 0) is 6.42 Å². The molecule has 0 radical (unpaired) electrons. The summed E-state index contributed by atoms with van der Waals surface area (Å²) in [6.07, 6.45) is 8.72. The molecule has 0 unspecified atom stereocenters. The maximum absolute atomic E-state index is 14.7. The Morgan fingerprint density at radius 1 is 1.21 bits per heavy atom. The van der Waals surface area contributed by atoms with Gasteiger partial charge in [-0.2, -0.15) is 0 Å². The molecule has 0 saturated heterocycles. The zero-order valence-electron chi connectivity index (χ0n) is 15.4. The van der Waals surface area contributed by atoms with Crippen molar-refractivity contribution in [1.82, 2.24) is 15.1 Å². The summed E-state index contributed by atoms with van der Waals surface area (Å²) in [5.74, 6) is -0.670. The second kappa shape index (κ2) is 8.92. The molecular weight excluding hydrogens is 384 g/mol. The van der Waals surface area contributed by atoms with Crippen molar-refractivity contribution in [3.63, 3.8) is 0 Å². The number of nitrogens with two attached hydrogens (primary N) is 1. The molecule has 2 N–H and O–H groups in total. The Labute approximate surface area is 165 Å². The van der Waals surface area contributed by atoms with E-state index in [0.29, 0.717) is 29.3 Å². The molecule has 1 aromatic carbocycles. The molecule has 6 nitrogen and oxygen atoms in total. The highest BCUT2D eigenvalue weighted by atomic mass is 32.2. The molecule has 0 amide bonds. The number of amidine groups is 1. The molecule has 28 heavy (non-hydrogen) atoms. The summed E-state index contributed by atoms with van der Waals surface area (Å²) in [6, 6.07) is 1.72. The number of nitrogens with zero attached hydrogens (tertiary/aromatic N) is 4. The van der Waals surface area contributed by atoms with Crippen LogP contribution in [0.5, 0.6) is 0 Å². The number of hydrogen-bond donors (Lipinski definition) is 1. The van der Waals surface area contributed by atoms with E-state index >= 15 is 0 Å². The van der Waals surface area contributed by atoms with Gasteiger partial charge in [0.15, 0.2) is 5.17 Å². The Bertz CT molecular complexity index is 978. The first kappa shape index (κ1) is 19.9. The largest absolute Gasteiger partial charge is 0.379 e. The fourth-order valence-electron chi connectivity index (χ4n) is 2.83. The summed E-state index contributed by atoms with van der Waals surface area (Å²) in [7, 11) is 0. The molecule has 0 aliphatic rings. The van der Waals surface area contributed by atoms with Crippen molar-refractivity contribution in [3.8, 4) is 11.1 Å². The Morgan fingerprint density at radius 2 is 1.96 bits per heavy atom. The van der Waals surface area contributed by atoms with Crippen LogP contribution in [0.2, 0.25) is 0 Å². The highest BCUT2D eigenvalue weighted by Crippen LogP contribution is 2.32. The van der Waals surface area contributed by atoms with E-state index in [2.05, 4.69) is 20.1 Å². The Morgan fingerprint density at radius 3 is 2.61 bits per heavy atom. The third-order valence-electron chi connectivity index (χ3n) is 4.35. The molecule has 2 heterocycles. The first-order chi connectivity index (χ1) is 13.5. The maximum Gasteiger partial charge on any atom is 0.154 e. The monoisotopic (exact) mass is 403 g/mol. The van der Waals surface area contributed by atoms with Crippen molar-refractivity contribution < 1.29 is 13.3 Å². The number of hydrogen-bond acceptors (Lipinski definition) is 6. The zero-order valence-corrected chi connectivity index (χ0v) is 16.2. The number of aromatic nitrogens is 3. The summed E-state index contributed by atoms with van der Waals surface area (Å²) in [6.45, 7) is 1.81. The predicted molar refractivity (Wildman–Crippen MR) is 105 cm³/mol. The third-order valence-corrected chi connectivity index (χ3v) is 4.87. The second-order valence-corrected chi connectivity index (χ2v) is 6.94. The van der Waals surface area contributed by atoms with Gasteiger partial charge in [0.2, 0.25) is 0 Å². The minimum Gasteiger partial charge on any atom is -0.379 e. The molecule has 0 aliphatic carbocycles. The lowest BCUT2D eigenvalue weighted by Crippen LogP contribution is -2.11. The quantitative estimate of drug-likeness (QED) is 0.493. The van der Waals surface area contributed by atoms with Crippen molar-refractivity contribution >= 4 is 16.9 Å². The minimum atomic E-state index is -0.688. The van der Waals surface area contributed by atoms with E-state index in [-0.39, 0.29) is 11.1 Å². The molecule has 0 aliphatic heterocycles. The van der Waals surface area contributed by atoms with Crippen LogP contribution in [-0.4, -0.2) is 26.5 Å². The van der Waals surface area contributed by atoms with Gasteiger partial charge >= 0.3 is 0 Å². The number of aliphatic imine (C=N–C) groups is 1. The van der Waals surface area contributed by atoms with Gasteiger partial charge in [0, 0.05) is 40.7 Å². The summed E-state index contributed by atoms with van der Waals surface area (Å²) < 4.78 is 34.1. The van der Waals surface area contributed by atoms with Gasteiger partial charge in [-0.25, -0.2) is 18.7 Å². The number of aryl methyl sites for hydroxylation is 2. The van der Waals surface area contributed by atoms with E-state index in [0.717, 1.165) is 11.6 Å². The summed E-state index contributed by atoms with van der Waals surface area (Å²) >= 11 is 1.26. The molecule has 3 rings (SSSR count). The molecule has 0 saturated carbocycles. The van der Waals surface area contributed by atoms with Crippen molar-refractivity contribution in [1.29, 1.82) is 0 Å². The van der Waals surface area contributed by atoms with Gasteiger partial charge in [0.1, 0.15) is 23.7 Å². The average Bonchev–Trinajstić information content (AvgIpc) is 3.11. The van der Waals surface area contributed by atoms with E-state index in [1.54, 1.807) is 12.5 Å². The van der Waals surface area contributed by atoms with Crippen LogP contribution >= 0.6 is 11.8 Å². The summed E-state index contributed by atoms with van der Waals surface area (Å²) in [5, 5.41) is 4.08. The molecule has 146 valence electrons. The zero-order chi connectivity index (χ0) is 20.1. The predicted octanol–water partition coefficient (Wildman–Crippen LogP) is 4.07. The number of thioether (sulfide) groups is 1. The van der Waals surface area contributed by atoms with E-state index in [9.17, 15) is 8.78 Å². The van der Waals surface area contributed by atoms with E-state index in [1.807, 2.05) is 6.92 Å². The molecule has 2 aromatic heterocycles. The van der Waals surface area contributed by atoms with Gasteiger partial charge in [0.25, 0.3) is 0 Å². The lowest BCUT2D eigenvalue weighted by atomic mass is 9.96. The van der Waals surface area contributed by atoms with Crippen LogP contribution < -0.4 is 5.73 Å². The molecule has 3 aromatic rings. The van der Waals surface area contributed by atoms with Gasteiger partial charge in [-0.1, -0.05) is 16.9 Å². The molecule has 9 heteroatoms. The fraction of sp³-hybridized carbons (Fsp3) is 0.263. The first-order valence-corrected chi connectivity index (χ1v) is 9.73. The van der Waals surface area contributed by atoms with Crippen LogP contribution in [0.1, 0.15) is 29.3 Å². The second-order valence-electron chi connectivity index (χ2n) is 6.11. The average molecular weight is 403 g/mol. The molecule has 1 atom stereocenters. The lowest BCUT2D eigenvalue weighted by molar-refractivity contribution is 0.395. The standard InChI is InChI=1S/C19H19F2N5OS/c1-11-12(9-25-27-11)3-4-18(26-19(22)28-2)15-5-14(16(20)6-17(15)21)13-7-23-10-24-8-13/h5-10,18H,3-4H2,1-2H3,(H2,22,26)/t18-/m0/s1. The Balaban J connectivity index is 2.00. The Kier molecular flexibility index (Phi) is 6.35. The topological polar surface area (TPSA) is 90.2 Å². The maximum atomic E-state index is 14.7. The summed E-state index contributed by atoms with van der Waals surface area (Å²) in [4.78, 5) is 12.2. The van der Waals surface area contributed by atoms with Crippen LogP contribution in [0, 0.1) is 18.6 Å². The van der Waals surface area contributed by atoms with E-state index in [1.165, 1.54) is 36.5 Å². The first-order valence-electron chi connectivity index (χ1n) is 8.51. The van der Waals surface area contributed by atoms with E-state index < -0.39 is 17.7 Å². The fourth-order valence-corrected chi connectivity index (χ4v) is 3.06. The van der Waals surface area contributed by atoms with Gasteiger partial charge in [0.05, 0.1) is 12.2 Å². The number of benzene rings is 1. The van der Waals surface area contributed by atoms with Crippen molar-refractivity contribution in [2.75, 3.05) is 6.26 Å². The number of halogens is 2.